The molecule has 1 heterocycles. The number of rotatable bonds is 39. The molecular formula is C48H89NO8. The summed E-state index contributed by atoms with van der Waals surface area (Å²) in [7, 11) is 0. The average Bonchev–Trinajstić information content (AvgIpc) is 3.21. The van der Waals surface area contributed by atoms with Gasteiger partial charge in [-0.2, -0.15) is 0 Å². The van der Waals surface area contributed by atoms with Crippen LogP contribution in [0.4, 0.5) is 0 Å². The van der Waals surface area contributed by atoms with E-state index in [1.54, 1.807) is 6.08 Å². The summed E-state index contributed by atoms with van der Waals surface area (Å²) in [4.78, 5) is 13.0. The molecule has 1 rings (SSSR count). The summed E-state index contributed by atoms with van der Waals surface area (Å²) < 4.78 is 11.2. The molecule has 0 aliphatic carbocycles. The van der Waals surface area contributed by atoms with Crippen molar-refractivity contribution >= 4 is 5.91 Å². The molecule has 334 valence electrons. The number of nitrogens with one attached hydrogen (secondary N) is 1. The first kappa shape index (κ1) is 53.4. The molecule has 1 fully saturated rings. The minimum Gasteiger partial charge on any atom is -0.394 e. The summed E-state index contributed by atoms with van der Waals surface area (Å²) in [5.74, 6) is -0.191. The van der Waals surface area contributed by atoms with Gasteiger partial charge in [0.05, 0.1) is 25.4 Å². The van der Waals surface area contributed by atoms with Gasteiger partial charge in [0.25, 0.3) is 0 Å². The predicted molar refractivity (Wildman–Crippen MR) is 235 cm³/mol. The maximum absolute atomic E-state index is 13.0. The molecule has 7 atom stereocenters. The highest BCUT2D eigenvalue weighted by Gasteiger charge is 2.44. The number of ether oxygens (including phenoxy) is 2. The van der Waals surface area contributed by atoms with Gasteiger partial charge >= 0.3 is 0 Å². The molecule has 0 spiro atoms. The highest BCUT2D eigenvalue weighted by atomic mass is 16.7. The van der Waals surface area contributed by atoms with Crippen LogP contribution in [0.15, 0.2) is 36.5 Å². The van der Waals surface area contributed by atoms with Crippen LogP contribution in [-0.2, 0) is 14.3 Å². The van der Waals surface area contributed by atoms with E-state index in [0.29, 0.717) is 12.8 Å². The topological polar surface area (TPSA) is 149 Å². The van der Waals surface area contributed by atoms with Crippen molar-refractivity contribution in [2.75, 3.05) is 13.2 Å². The Balaban J connectivity index is 2.32. The second kappa shape index (κ2) is 38.6. The fourth-order valence-electron chi connectivity index (χ4n) is 7.37. The maximum Gasteiger partial charge on any atom is 0.220 e. The second-order valence-corrected chi connectivity index (χ2v) is 16.5. The lowest BCUT2D eigenvalue weighted by molar-refractivity contribution is -0.302. The van der Waals surface area contributed by atoms with Crippen LogP contribution in [-0.4, -0.2) is 87.5 Å². The zero-order chi connectivity index (χ0) is 41.6. The zero-order valence-corrected chi connectivity index (χ0v) is 36.6. The standard InChI is InChI=1S/C48H89NO8/c1-3-5-7-9-11-13-15-17-18-19-20-21-22-23-24-26-28-30-32-34-36-38-44(52)49-41(40-56-48-47(55)46(54)45(53)43(39-50)57-48)42(51)37-35-33-31-29-27-25-16-14-12-10-8-6-4-2/h17-18,29,31,35,37,41-43,45-48,50-51,53-55H,3-16,19-28,30,32-34,36,38-40H2,1-2H3,(H,49,52). The minimum absolute atomic E-state index is 0.191. The lowest BCUT2D eigenvalue weighted by Crippen LogP contribution is -2.60. The van der Waals surface area contributed by atoms with E-state index in [1.165, 1.54) is 154 Å². The number of aliphatic hydroxyl groups excluding tert-OH is 5. The van der Waals surface area contributed by atoms with Gasteiger partial charge in [-0.15, -0.1) is 0 Å². The van der Waals surface area contributed by atoms with Gasteiger partial charge in [0, 0.05) is 6.42 Å². The Morgan fingerprint density at radius 1 is 0.596 bits per heavy atom. The number of aliphatic hydroxyl groups is 5. The molecule has 0 aromatic carbocycles. The number of unbranched alkanes of at least 4 members (excludes halogenated alkanes) is 25. The number of allylic oxidation sites excluding steroid dienone is 5. The first-order valence-electron chi connectivity index (χ1n) is 23.7. The number of carbonyl (C=O) groups is 1. The van der Waals surface area contributed by atoms with E-state index in [9.17, 15) is 30.3 Å². The molecule has 0 saturated carbocycles. The van der Waals surface area contributed by atoms with Gasteiger partial charge < -0.3 is 40.3 Å². The van der Waals surface area contributed by atoms with Crippen LogP contribution >= 0.6 is 0 Å². The normalized spacial score (nSPS) is 21.3. The van der Waals surface area contributed by atoms with E-state index in [-0.39, 0.29) is 12.5 Å². The van der Waals surface area contributed by atoms with Crippen LogP contribution in [0.25, 0.3) is 0 Å². The fraction of sp³-hybridized carbons (Fsp3) is 0.854. The van der Waals surface area contributed by atoms with Crippen LogP contribution in [0.1, 0.15) is 206 Å². The molecule has 1 aliphatic rings. The van der Waals surface area contributed by atoms with E-state index in [0.717, 1.165) is 25.7 Å². The fourth-order valence-corrected chi connectivity index (χ4v) is 7.37. The number of carbonyl (C=O) groups excluding carboxylic acids is 1. The third kappa shape index (κ3) is 29.3. The van der Waals surface area contributed by atoms with Crippen molar-refractivity contribution in [2.45, 2.75) is 249 Å². The molecule has 7 unspecified atom stereocenters. The summed E-state index contributed by atoms with van der Waals surface area (Å²) in [5.41, 5.74) is 0. The van der Waals surface area contributed by atoms with Crippen LogP contribution in [0.2, 0.25) is 0 Å². The van der Waals surface area contributed by atoms with Crippen molar-refractivity contribution in [3.63, 3.8) is 0 Å². The van der Waals surface area contributed by atoms with Gasteiger partial charge in [0.2, 0.25) is 5.91 Å². The van der Waals surface area contributed by atoms with Gasteiger partial charge in [-0.25, -0.2) is 0 Å². The van der Waals surface area contributed by atoms with E-state index in [4.69, 9.17) is 9.47 Å². The van der Waals surface area contributed by atoms with E-state index >= 15 is 0 Å². The Morgan fingerprint density at radius 3 is 1.51 bits per heavy atom. The van der Waals surface area contributed by atoms with Crippen molar-refractivity contribution in [1.29, 1.82) is 0 Å². The predicted octanol–water partition coefficient (Wildman–Crippen LogP) is 10.1. The molecule has 6 N–H and O–H groups in total. The molecule has 0 aromatic heterocycles. The molecule has 1 saturated heterocycles. The van der Waals surface area contributed by atoms with Gasteiger partial charge in [-0.05, 0) is 51.4 Å². The van der Waals surface area contributed by atoms with Crippen LogP contribution in [0.3, 0.4) is 0 Å². The number of hydrogen-bond donors (Lipinski definition) is 6. The summed E-state index contributed by atoms with van der Waals surface area (Å²) >= 11 is 0. The largest absolute Gasteiger partial charge is 0.394 e. The van der Waals surface area contributed by atoms with Gasteiger partial charge in [0.1, 0.15) is 24.4 Å². The van der Waals surface area contributed by atoms with Crippen molar-refractivity contribution in [3.05, 3.63) is 36.5 Å². The second-order valence-electron chi connectivity index (χ2n) is 16.5. The Labute approximate surface area is 349 Å². The van der Waals surface area contributed by atoms with Crippen LogP contribution in [0.5, 0.6) is 0 Å². The van der Waals surface area contributed by atoms with Crippen molar-refractivity contribution < 1.29 is 39.8 Å². The molecular weight excluding hydrogens is 719 g/mol. The Morgan fingerprint density at radius 2 is 1.04 bits per heavy atom. The molecule has 0 bridgehead atoms. The summed E-state index contributed by atoms with van der Waals surface area (Å²) in [6.07, 6.45) is 40.5. The third-order valence-corrected chi connectivity index (χ3v) is 11.2. The Bertz CT molecular complexity index is 987. The maximum atomic E-state index is 13.0. The van der Waals surface area contributed by atoms with Crippen LogP contribution < -0.4 is 5.32 Å². The average molecular weight is 808 g/mol. The minimum atomic E-state index is -1.57. The smallest absolute Gasteiger partial charge is 0.220 e. The summed E-state index contributed by atoms with van der Waals surface area (Å²) in [6, 6.07) is -0.825. The molecule has 1 aliphatic heterocycles. The molecule has 0 radical (unpaired) electrons. The quantitative estimate of drug-likeness (QED) is 0.0266. The van der Waals surface area contributed by atoms with Gasteiger partial charge in [-0.3, -0.25) is 4.79 Å². The van der Waals surface area contributed by atoms with Gasteiger partial charge in [0.15, 0.2) is 6.29 Å². The first-order chi connectivity index (χ1) is 27.8. The number of amides is 1. The molecule has 57 heavy (non-hydrogen) atoms. The number of hydrogen-bond acceptors (Lipinski definition) is 8. The van der Waals surface area contributed by atoms with Crippen molar-refractivity contribution in [2.24, 2.45) is 0 Å². The van der Waals surface area contributed by atoms with Gasteiger partial charge in [-0.1, -0.05) is 185 Å². The molecule has 9 nitrogen and oxygen atoms in total. The van der Waals surface area contributed by atoms with E-state index < -0.39 is 49.5 Å². The lowest BCUT2D eigenvalue weighted by atomic mass is 9.99. The molecule has 9 heteroatoms. The van der Waals surface area contributed by atoms with Crippen molar-refractivity contribution in [1.82, 2.24) is 5.32 Å². The van der Waals surface area contributed by atoms with E-state index in [2.05, 4.69) is 43.5 Å². The van der Waals surface area contributed by atoms with Crippen LogP contribution in [0, 0.1) is 0 Å². The lowest BCUT2D eigenvalue weighted by Gasteiger charge is -2.40. The Hall–Kier alpha value is -1.59. The zero-order valence-electron chi connectivity index (χ0n) is 36.6. The summed E-state index contributed by atoms with van der Waals surface area (Å²) in [6.45, 7) is 3.74. The highest BCUT2D eigenvalue weighted by Crippen LogP contribution is 2.22. The highest BCUT2D eigenvalue weighted by molar-refractivity contribution is 5.76. The Kier molecular flexibility index (Phi) is 36.2. The SMILES string of the molecule is CCCCCCCCC=CCCCCCCCCCCCCCC(=O)NC(COC1OC(CO)C(O)C(O)C1O)C(O)C=CCC=CCCCCCCCCCC. The molecule has 1 amide bonds. The third-order valence-electron chi connectivity index (χ3n) is 11.2. The van der Waals surface area contributed by atoms with E-state index in [1.807, 2.05) is 6.08 Å². The summed E-state index contributed by atoms with van der Waals surface area (Å²) in [5, 5.41) is 54.1. The monoisotopic (exact) mass is 808 g/mol. The molecule has 0 aromatic rings. The van der Waals surface area contributed by atoms with Crippen molar-refractivity contribution in [3.8, 4) is 0 Å². The first-order valence-corrected chi connectivity index (χ1v) is 23.7.